The molecule has 1 aromatic heterocycles. The third kappa shape index (κ3) is 3.76. The molecule has 0 aliphatic carbocycles. The molecule has 1 heterocycles. The third-order valence-electron chi connectivity index (χ3n) is 3.91. The summed E-state index contributed by atoms with van der Waals surface area (Å²) in [4.78, 5) is 4.27. The standard InChI is InChI=1S/C16H21ClN2O3S/c1-11-6-5-7-15(17)14(11)10-23(20,21)16-18-12(2)13(3)19(16)8-9-22-4/h5-7H,8-10H2,1-4H3. The smallest absolute Gasteiger partial charge is 0.228 e. The first-order chi connectivity index (χ1) is 10.8. The molecule has 0 radical (unpaired) electrons. The van der Waals surface area contributed by atoms with Crippen molar-refractivity contribution in [2.75, 3.05) is 13.7 Å². The minimum absolute atomic E-state index is 0.0730. The van der Waals surface area contributed by atoms with Crippen molar-refractivity contribution in [2.45, 2.75) is 38.2 Å². The number of imidazole rings is 1. The van der Waals surface area contributed by atoms with E-state index in [2.05, 4.69) is 4.98 Å². The van der Waals surface area contributed by atoms with Crippen molar-refractivity contribution in [3.05, 3.63) is 45.7 Å². The summed E-state index contributed by atoms with van der Waals surface area (Å²) in [6.45, 7) is 6.38. The van der Waals surface area contributed by atoms with Gasteiger partial charge in [0, 0.05) is 24.4 Å². The number of benzene rings is 1. The lowest BCUT2D eigenvalue weighted by atomic mass is 10.1. The summed E-state index contributed by atoms with van der Waals surface area (Å²) in [5.74, 6) is -0.165. The van der Waals surface area contributed by atoms with Crippen LogP contribution in [-0.2, 0) is 26.9 Å². The number of hydrogen-bond donors (Lipinski definition) is 0. The zero-order valence-electron chi connectivity index (χ0n) is 13.8. The molecule has 2 rings (SSSR count). The number of nitrogens with zero attached hydrogens (tertiary/aromatic N) is 2. The van der Waals surface area contributed by atoms with Gasteiger partial charge in [0.15, 0.2) is 0 Å². The second kappa shape index (κ2) is 7.03. The van der Waals surface area contributed by atoms with E-state index in [-0.39, 0.29) is 10.9 Å². The van der Waals surface area contributed by atoms with Gasteiger partial charge in [0.1, 0.15) is 0 Å². The van der Waals surface area contributed by atoms with E-state index in [1.807, 2.05) is 26.0 Å². The maximum atomic E-state index is 12.9. The first kappa shape index (κ1) is 18.0. The van der Waals surface area contributed by atoms with Gasteiger partial charge < -0.3 is 9.30 Å². The number of halogens is 1. The number of aromatic nitrogens is 2. The highest BCUT2D eigenvalue weighted by molar-refractivity contribution is 7.90. The molecular formula is C16H21ClN2O3S. The fourth-order valence-electron chi connectivity index (χ4n) is 2.41. The third-order valence-corrected chi connectivity index (χ3v) is 5.80. The molecule has 7 heteroatoms. The summed E-state index contributed by atoms with van der Waals surface area (Å²) < 4.78 is 32.5. The molecule has 0 aliphatic rings. The second-order valence-electron chi connectivity index (χ2n) is 5.50. The fourth-order valence-corrected chi connectivity index (χ4v) is 4.51. The van der Waals surface area contributed by atoms with Crippen molar-refractivity contribution in [3.8, 4) is 0 Å². The Hall–Kier alpha value is -1.37. The Labute approximate surface area is 142 Å². The van der Waals surface area contributed by atoms with Gasteiger partial charge in [-0.1, -0.05) is 23.7 Å². The number of rotatable bonds is 6. The van der Waals surface area contributed by atoms with Gasteiger partial charge in [0.2, 0.25) is 15.0 Å². The van der Waals surface area contributed by atoms with Gasteiger partial charge in [-0.2, -0.15) is 0 Å². The van der Waals surface area contributed by atoms with E-state index in [0.717, 1.165) is 11.3 Å². The van der Waals surface area contributed by atoms with Crippen molar-refractivity contribution in [1.82, 2.24) is 9.55 Å². The Morgan fingerprint density at radius 3 is 2.57 bits per heavy atom. The molecule has 0 fully saturated rings. The lowest BCUT2D eigenvalue weighted by Crippen LogP contribution is -2.16. The van der Waals surface area contributed by atoms with Gasteiger partial charge in [-0.05, 0) is 38.0 Å². The number of sulfone groups is 1. The van der Waals surface area contributed by atoms with Crippen LogP contribution in [0, 0.1) is 20.8 Å². The Morgan fingerprint density at radius 1 is 1.26 bits per heavy atom. The summed E-state index contributed by atoms with van der Waals surface area (Å²) >= 11 is 6.17. The molecule has 0 amide bonds. The van der Waals surface area contributed by atoms with Gasteiger partial charge in [0.05, 0.1) is 18.1 Å². The van der Waals surface area contributed by atoms with Crippen LogP contribution >= 0.6 is 11.6 Å². The van der Waals surface area contributed by atoms with Crippen LogP contribution in [0.2, 0.25) is 5.02 Å². The highest BCUT2D eigenvalue weighted by atomic mass is 35.5. The van der Waals surface area contributed by atoms with E-state index in [1.165, 1.54) is 0 Å². The molecule has 0 unspecified atom stereocenters. The van der Waals surface area contributed by atoms with E-state index >= 15 is 0 Å². The Morgan fingerprint density at radius 2 is 1.96 bits per heavy atom. The molecular weight excluding hydrogens is 336 g/mol. The zero-order chi connectivity index (χ0) is 17.2. The van der Waals surface area contributed by atoms with Crippen LogP contribution < -0.4 is 0 Å². The van der Waals surface area contributed by atoms with E-state index in [4.69, 9.17) is 16.3 Å². The first-order valence-corrected chi connectivity index (χ1v) is 9.30. The van der Waals surface area contributed by atoms with Gasteiger partial charge >= 0.3 is 0 Å². The highest BCUT2D eigenvalue weighted by Crippen LogP contribution is 2.26. The lowest BCUT2D eigenvalue weighted by Gasteiger charge is -2.12. The van der Waals surface area contributed by atoms with Crippen LogP contribution in [0.3, 0.4) is 0 Å². The maximum Gasteiger partial charge on any atom is 0.228 e. The van der Waals surface area contributed by atoms with E-state index in [0.29, 0.717) is 29.4 Å². The molecule has 5 nitrogen and oxygen atoms in total. The molecule has 1 aromatic carbocycles. The van der Waals surface area contributed by atoms with Crippen LogP contribution in [0.4, 0.5) is 0 Å². The second-order valence-corrected chi connectivity index (χ2v) is 7.79. The summed E-state index contributed by atoms with van der Waals surface area (Å²) in [5.41, 5.74) is 3.00. The van der Waals surface area contributed by atoms with Gasteiger partial charge in [-0.25, -0.2) is 13.4 Å². The molecule has 0 saturated heterocycles. The quantitative estimate of drug-likeness (QED) is 0.798. The molecule has 0 bridgehead atoms. The van der Waals surface area contributed by atoms with E-state index in [9.17, 15) is 8.42 Å². The topological polar surface area (TPSA) is 61.2 Å². The molecule has 126 valence electrons. The van der Waals surface area contributed by atoms with Gasteiger partial charge in [-0.15, -0.1) is 0 Å². The van der Waals surface area contributed by atoms with Crippen molar-refractivity contribution < 1.29 is 13.2 Å². The van der Waals surface area contributed by atoms with Crippen molar-refractivity contribution in [2.24, 2.45) is 0 Å². The molecule has 0 N–H and O–H groups in total. The molecule has 0 spiro atoms. The predicted molar refractivity (Wildman–Crippen MR) is 90.7 cm³/mol. The lowest BCUT2D eigenvalue weighted by molar-refractivity contribution is 0.184. The minimum atomic E-state index is -3.61. The van der Waals surface area contributed by atoms with E-state index < -0.39 is 9.84 Å². The molecule has 0 atom stereocenters. The summed E-state index contributed by atoms with van der Waals surface area (Å²) in [6.07, 6.45) is 0. The molecule has 2 aromatic rings. The molecule has 0 saturated carbocycles. The van der Waals surface area contributed by atoms with Crippen LogP contribution in [0.1, 0.15) is 22.5 Å². The van der Waals surface area contributed by atoms with Crippen molar-refractivity contribution >= 4 is 21.4 Å². The summed E-state index contributed by atoms with van der Waals surface area (Å²) in [6, 6.07) is 5.36. The van der Waals surface area contributed by atoms with Gasteiger partial charge in [-0.3, -0.25) is 0 Å². The Balaban J connectivity index is 2.46. The maximum absolute atomic E-state index is 12.9. The van der Waals surface area contributed by atoms with Crippen molar-refractivity contribution in [3.63, 3.8) is 0 Å². The number of aryl methyl sites for hydroxylation is 2. The molecule has 0 aliphatic heterocycles. The first-order valence-electron chi connectivity index (χ1n) is 7.27. The predicted octanol–water partition coefficient (Wildman–Crippen LogP) is 3.08. The minimum Gasteiger partial charge on any atom is -0.383 e. The average Bonchev–Trinajstić information content (AvgIpc) is 2.77. The summed E-state index contributed by atoms with van der Waals surface area (Å²) in [5, 5.41) is 0.529. The number of methoxy groups -OCH3 is 1. The van der Waals surface area contributed by atoms with E-state index in [1.54, 1.807) is 24.7 Å². The van der Waals surface area contributed by atoms with Crippen LogP contribution in [0.25, 0.3) is 0 Å². The normalized spacial score (nSPS) is 11.9. The largest absolute Gasteiger partial charge is 0.383 e. The van der Waals surface area contributed by atoms with Gasteiger partial charge in [0.25, 0.3) is 0 Å². The summed E-state index contributed by atoms with van der Waals surface area (Å²) in [7, 11) is -2.03. The Bertz CT molecular complexity index is 793. The average molecular weight is 357 g/mol. The van der Waals surface area contributed by atoms with Crippen molar-refractivity contribution in [1.29, 1.82) is 0 Å². The molecule has 23 heavy (non-hydrogen) atoms. The number of hydrogen-bond acceptors (Lipinski definition) is 4. The van der Waals surface area contributed by atoms with Crippen LogP contribution in [-0.4, -0.2) is 31.7 Å². The van der Waals surface area contributed by atoms with Crippen LogP contribution in [0.5, 0.6) is 0 Å². The monoisotopic (exact) mass is 356 g/mol. The fraction of sp³-hybridized carbons (Fsp3) is 0.438. The zero-order valence-corrected chi connectivity index (χ0v) is 15.3. The SMILES string of the molecule is COCCn1c(S(=O)(=O)Cc2c(C)cccc2Cl)nc(C)c1C. The highest BCUT2D eigenvalue weighted by Gasteiger charge is 2.26. The van der Waals surface area contributed by atoms with Crippen LogP contribution in [0.15, 0.2) is 23.4 Å². The Kier molecular flexibility index (Phi) is 5.49. The number of ether oxygens (including phenoxy) is 1.